The number of carbonyl (C=O) groups excluding carboxylic acids is 1. The first-order valence-corrected chi connectivity index (χ1v) is 6.16. The van der Waals surface area contributed by atoms with Crippen molar-refractivity contribution in [3.63, 3.8) is 0 Å². The van der Waals surface area contributed by atoms with Crippen molar-refractivity contribution in [3.05, 3.63) is 46.2 Å². The summed E-state index contributed by atoms with van der Waals surface area (Å²) in [4.78, 5) is 12.7. The third kappa shape index (κ3) is 2.03. The molecule has 2 aromatic rings. The summed E-state index contributed by atoms with van der Waals surface area (Å²) < 4.78 is 10.5. The minimum atomic E-state index is 0.138. The van der Waals surface area contributed by atoms with Crippen molar-refractivity contribution in [2.75, 3.05) is 6.79 Å². The zero-order valence-corrected chi connectivity index (χ0v) is 9.83. The van der Waals surface area contributed by atoms with Crippen LogP contribution in [0.25, 0.3) is 0 Å². The lowest BCUT2D eigenvalue weighted by Gasteiger charge is -2.01. The van der Waals surface area contributed by atoms with Crippen molar-refractivity contribution in [2.24, 2.45) is 0 Å². The first kappa shape index (κ1) is 10.4. The summed E-state index contributed by atoms with van der Waals surface area (Å²) >= 11 is 1.47. The number of thiophene rings is 1. The van der Waals surface area contributed by atoms with E-state index in [0.29, 0.717) is 6.42 Å². The second-order valence-electron chi connectivity index (χ2n) is 3.76. The van der Waals surface area contributed by atoms with E-state index in [-0.39, 0.29) is 12.6 Å². The molecule has 0 unspecified atom stereocenters. The largest absolute Gasteiger partial charge is 0.454 e. The summed E-state index contributed by atoms with van der Waals surface area (Å²) in [6.45, 7) is 0.262. The van der Waals surface area contributed by atoms with Gasteiger partial charge in [0.2, 0.25) is 6.79 Å². The molecule has 0 saturated heterocycles. The van der Waals surface area contributed by atoms with Crippen molar-refractivity contribution in [2.45, 2.75) is 6.42 Å². The van der Waals surface area contributed by atoms with Gasteiger partial charge in [-0.1, -0.05) is 12.1 Å². The fourth-order valence-corrected chi connectivity index (χ4v) is 2.43. The van der Waals surface area contributed by atoms with Gasteiger partial charge in [-0.15, -0.1) is 11.3 Å². The molecule has 0 aliphatic carbocycles. The maximum absolute atomic E-state index is 11.9. The van der Waals surface area contributed by atoms with Crippen LogP contribution in [-0.4, -0.2) is 12.6 Å². The smallest absolute Gasteiger partial charge is 0.231 e. The SMILES string of the molecule is O=C(Cc1ccc2c(c1)OCO2)c1cccs1. The molecule has 0 N–H and O–H groups in total. The van der Waals surface area contributed by atoms with E-state index >= 15 is 0 Å². The minimum absolute atomic E-state index is 0.138. The van der Waals surface area contributed by atoms with Gasteiger partial charge < -0.3 is 9.47 Å². The van der Waals surface area contributed by atoms with Crippen molar-refractivity contribution < 1.29 is 14.3 Å². The average molecular weight is 246 g/mol. The zero-order chi connectivity index (χ0) is 11.7. The molecule has 0 fully saturated rings. The quantitative estimate of drug-likeness (QED) is 0.781. The van der Waals surface area contributed by atoms with Gasteiger partial charge in [0.15, 0.2) is 17.3 Å². The van der Waals surface area contributed by atoms with Crippen LogP contribution in [0.3, 0.4) is 0 Å². The number of rotatable bonds is 3. The Morgan fingerprint density at radius 2 is 2.12 bits per heavy atom. The lowest BCUT2D eigenvalue weighted by molar-refractivity contribution is 0.0997. The highest BCUT2D eigenvalue weighted by molar-refractivity contribution is 7.12. The summed E-state index contributed by atoms with van der Waals surface area (Å²) in [5, 5.41) is 1.91. The van der Waals surface area contributed by atoms with Gasteiger partial charge in [-0.05, 0) is 29.1 Å². The molecule has 4 heteroatoms. The van der Waals surface area contributed by atoms with Crippen LogP contribution in [0.1, 0.15) is 15.2 Å². The molecule has 0 radical (unpaired) electrons. The lowest BCUT2D eigenvalue weighted by atomic mass is 10.1. The monoisotopic (exact) mass is 246 g/mol. The van der Waals surface area contributed by atoms with Crippen molar-refractivity contribution in [1.82, 2.24) is 0 Å². The molecular weight excluding hydrogens is 236 g/mol. The molecule has 1 aromatic carbocycles. The number of ketones is 1. The molecule has 0 saturated carbocycles. The van der Waals surface area contributed by atoms with Crippen LogP contribution in [0.4, 0.5) is 0 Å². The number of hydrogen-bond donors (Lipinski definition) is 0. The van der Waals surface area contributed by atoms with E-state index < -0.39 is 0 Å². The fourth-order valence-electron chi connectivity index (χ4n) is 1.76. The van der Waals surface area contributed by atoms with Crippen molar-refractivity contribution in [3.8, 4) is 11.5 Å². The van der Waals surface area contributed by atoms with E-state index in [9.17, 15) is 4.79 Å². The first-order chi connectivity index (χ1) is 8.33. The molecule has 0 bridgehead atoms. The summed E-state index contributed by atoms with van der Waals surface area (Å²) in [5.74, 6) is 1.61. The fraction of sp³-hybridized carbons (Fsp3) is 0.154. The zero-order valence-electron chi connectivity index (χ0n) is 9.01. The molecule has 0 amide bonds. The van der Waals surface area contributed by atoms with E-state index in [1.54, 1.807) is 0 Å². The molecule has 1 aliphatic rings. The van der Waals surface area contributed by atoms with Gasteiger partial charge in [-0.2, -0.15) is 0 Å². The van der Waals surface area contributed by atoms with Gasteiger partial charge in [-0.3, -0.25) is 4.79 Å². The Hall–Kier alpha value is -1.81. The van der Waals surface area contributed by atoms with E-state index in [1.807, 2.05) is 35.7 Å². The molecule has 0 atom stereocenters. The minimum Gasteiger partial charge on any atom is -0.454 e. The summed E-state index contributed by atoms with van der Waals surface area (Å²) in [6.07, 6.45) is 0.400. The number of hydrogen-bond acceptors (Lipinski definition) is 4. The highest BCUT2D eigenvalue weighted by Crippen LogP contribution is 2.32. The summed E-state index contributed by atoms with van der Waals surface area (Å²) in [7, 11) is 0. The second kappa shape index (κ2) is 4.22. The maximum atomic E-state index is 11.9. The number of Topliss-reactive ketones (excluding diaryl/α,β-unsaturated/α-hetero) is 1. The predicted octanol–water partition coefficient (Wildman–Crippen LogP) is 2.90. The third-order valence-electron chi connectivity index (χ3n) is 2.60. The van der Waals surface area contributed by atoms with Crippen LogP contribution >= 0.6 is 11.3 Å². The molecule has 86 valence electrons. The summed E-state index contributed by atoms with van der Waals surface area (Å²) in [5.41, 5.74) is 0.952. The van der Waals surface area contributed by atoms with Crippen molar-refractivity contribution >= 4 is 17.1 Å². The van der Waals surface area contributed by atoms with Gasteiger partial charge in [0.1, 0.15) is 0 Å². The van der Waals surface area contributed by atoms with Crippen LogP contribution in [0.5, 0.6) is 11.5 Å². The third-order valence-corrected chi connectivity index (χ3v) is 3.51. The van der Waals surface area contributed by atoms with Gasteiger partial charge in [0.25, 0.3) is 0 Å². The summed E-state index contributed by atoms with van der Waals surface area (Å²) in [6, 6.07) is 9.35. The Morgan fingerprint density at radius 1 is 1.24 bits per heavy atom. The number of fused-ring (bicyclic) bond motifs is 1. The number of ether oxygens (including phenoxy) is 2. The molecule has 1 aromatic heterocycles. The molecule has 2 heterocycles. The van der Waals surface area contributed by atoms with E-state index in [1.165, 1.54) is 11.3 Å². The molecular formula is C13H10O3S. The van der Waals surface area contributed by atoms with Gasteiger partial charge in [0, 0.05) is 6.42 Å². The van der Waals surface area contributed by atoms with Gasteiger partial charge >= 0.3 is 0 Å². The Labute approximate surface area is 103 Å². The van der Waals surface area contributed by atoms with Crippen LogP contribution in [0.2, 0.25) is 0 Å². The van der Waals surface area contributed by atoms with Gasteiger partial charge in [-0.25, -0.2) is 0 Å². The van der Waals surface area contributed by atoms with Crippen LogP contribution < -0.4 is 9.47 Å². The highest BCUT2D eigenvalue weighted by Gasteiger charge is 2.15. The van der Waals surface area contributed by atoms with Crippen LogP contribution in [0.15, 0.2) is 35.7 Å². The van der Waals surface area contributed by atoms with Crippen LogP contribution in [-0.2, 0) is 6.42 Å². The maximum Gasteiger partial charge on any atom is 0.231 e. The molecule has 0 spiro atoms. The Bertz CT molecular complexity index is 546. The normalized spacial score (nSPS) is 12.7. The Morgan fingerprint density at radius 3 is 2.94 bits per heavy atom. The lowest BCUT2D eigenvalue weighted by Crippen LogP contribution is -2.00. The highest BCUT2D eigenvalue weighted by atomic mass is 32.1. The number of benzene rings is 1. The van der Waals surface area contributed by atoms with Crippen LogP contribution in [0, 0.1) is 0 Å². The number of carbonyl (C=O) groups is 1. The van der Waals surface area contributed by atoms with E-state index in [4.69, 9.17) is 9.47 Å². The van der Waals surface area contributed by atoms with Crippen molar-refractivity contribution in [1.29, 1.82) is 0 Å². The Kier molecular flexibility index (Phi) is 2.57. The molecule has 3 rings (SSSR count). The first-order valence-electron chi connectivity index (χ1n) is 5.28. The Balaban J connectivity index is 1.80. The molecule has 17 heavy (non-hydrogen) atoms. The van der Waals surface area contributed by atoms with Gasteiger partial charge in [0.05, 0.1) is 4.88 Å². The predicted molar refractivity (Wildman–Crippen MR) is 64.9 cm³/mol. The van der Waals surface area contributed by atoms with E-state index in [0.717, 1.165) is 21.9 Å². The standard InChI is InChI=1S/C13H10O3S/c14-10(13-2-1-5-17-13)6-9-3-4-11-12(7-9)16-8-15-11/h1-5,7H,6,8H2. The topological polar surface area (TPSA) is 35.5 Å². The molecule has 1 aliphatic heterocycles. The second-order valence-corrected chi connectivity index (χ2v) is 4.71. The van der Waals surface area contributed by atoms with E-state index in [2.05, 4.69) is 0 Å². The average Bonchev–Trinajstić information content (AvgIpc) is 2.99. The molecule has 3 nitrogen and oxygen atoms in total.